The predicted octanol–water partition coefficient (Wildman–Crippen LogP) is 0.930. The molecule has 0 aromatic rings. The van der Waals surface area contributed by atoms with E-state index in [1.54, 1.807) is 0 Å². The van der Waals surface area contributed by atoms with Crippen molar-refractivity contribution in [1.29, 1.82) is 0 Å². The van der Waals surface area contributed by atoms with Gasteiger partial charge in [-0.15, -0.1) is 0 Å². The molecule has 0 radical (unpaired) electrons. The first-order valence-corrected chi connectivity index (χ1v) is 7.63. The molecule has 1 saturated heterocycles. The highest BCUT2D eigenvalue weighted by molar-refractivity contribution is 14.1. The van der Waals surface area contributed by atoms with Gasteiger partial charge in [0.1, 0.15) is 0 Å². The van der Waals surface area contributed by atoms with E-state index >= 15 is 0 Å². The first-order valence-electron chi connectivity index (χ1n) is 4.56. The molecule has 3 nitrogen and oxygen atoms in total. The molecule has 1 aliphatic rings. The van der Waals surface area contributed by atoms with Crippen LogP contribution in [0.4, 0.5) is 0 Å². The highest BCUT2D eigenvalue weighted by Gasteiger charge is 2.20. The van der Waals surface area contributed by atoms with Gasteiger partial charge in [0.25, 0.3) is 0 Å². The summed E-state index contributed by atoms with van der Waals surface area (Å²) in [7, 11) is -2.70. The van der Waals surface area contributed by atoms with Crippen molar-refractivity contribution in [3.05, 3.63) is 0 Å². The molecule has 0 spiro atoms. The molecule has 1 aliphatic heterocycles. The quantitative estimate of drug-likeness (QED) is 0.574. The lowest BCUT2D eigenvalue weighted by Gasteiger charge is -2.26. The van der Waals surface area contributed by atoms with E-state index in [9.17, 15) is 8.42 Å². The van der Waals surface area contributed by atoms with Crippen LogP contribution in [0, 0.1) is 0 Å². The zero-order valence-electron chi connectivity index (χ0n) is 7.87. The standard InChI is InChI=1S/C8H16INO2S/c1-8(9)2-3-10-4-6-13(11,12)7-5-10/h8H,2-7H2,1H3. The molecular weight excluding hydrogens is 301 g/mol. The Balaban J connectivity index is 2.26. The lowest BCUT2D eigenvalue weighted by Crippen LogP contribution is -2.41. The van der Waals surface area contributed by atoms with Crippen molar-refractivity contribution in [3.8, 4) is 0 Å². The molecule has 1 rings (SSSR count). The molecule has 13 heavy (non-hydrogen) atoms. The molecule has 0 saturated carbocycles. The maximum Gasteiger partial charge on any atom is 0.152 e. The number of halogens is 1. The first kappa shape index (κ1) is 11.7. The van der Waals surface area contributed by atoms with Gasteiger partial charge in [-0.05, 0) is 13.0 Å². The number of hydrogen-bond acceptors (Lipinski definition) is 3. The molecule has 0 aromatic heterocycles. The lowest BCUT2D eigenvalue weighted by atomic mass is 10.3. The molecule has 0 amide bonds. The second-order valence-electron chi connectivity index (χ2n) is 3.56. The smallest absolute Gasteiger partial charge is 0.152 e. The molecular formula is C8H16INO2S. The van der Waals surface area contributed by atoms with Crippen molar-refractivity contribution < 1.29 is 8.42 Å². The van der Waals surface area contributed by atoms with Gasteiger partial charge in [0, 0.05) is 17.0 Å². The van der Waals surface area contributed by atoms with E-state index in [2.05, 4.69) is 34.4 Å². The van der Waals surface area contributed by atoms with Crippen LogP contribution in [0.3, 0.4) is 0 Å². The van der Waals surface area contributed by atoms with E-state index in [-0.39, 0.29) is 0 Å². The van der Waals surface area contributed by atoms with Gasteiger partial charge in [-0.2, -0.15) is 0 Å². The Morgan fingerprint density at radius 3 is 2.38 bits per heavy atom. The van der Waals surface area contributed by atoms with Crippen molar-refractivity contribution >= 4 is 32.4 Å². The van der Waals surface area contributed by atoms with Crippen LogP contribution in [-0.2, 0) is 9.84 Å². The van der Waals surface area contributed by atoms with Crippen LogP contribution in [0.2, 0.25) is 0 Å². The fourth-order valence-electron chi connectivity index (χ4n) is 1.33. The van der Waals surface area contributed by atoms with Gasteiger partial charge in [-0.1, -0.05) is 29.5 Å². The largest absolute Gasteiger partial charge is 0.301 e. The average molecular weight is 317 g/mol. The Labute approximate surface area is 93.9 Å². The number of rotatable bonds is 3. The Kier molecular flexibility index (Phi) is 4.44. The van der Waals surface area contributed by atoms with Gasteiger partial charge in [0.15, 0.2) is 9.84 Å². The summed E-state index contributed by atoms with van der Waals surface area (Å²) in [5.74, 6) is 0.700. The van der Waals surface area contributed by atoms with Crippen molar-refractivity contribution in [2.24, 2.45) is 0 Å². The third-order valence-electron chi connectivity index (χ3n) is 2.28. The molecule has 1 heterocycles. The molecule has 5 heteroatoms. The fraction of sp³-hybridized carbons (Fsp3) is 1.00. The maximum absolute atomic E-state index is 11.1. The zero-order chi connectivity index (χ0) is 9.90. The molecule has 0 aromatic carbocycles. The van der Waals surface area contributed by atoms with Crippen LogP contribution < -0.4 is 0 Å². The molecule has 1 fully saturated rings. The summed E-state index contributed by atoms with van der Waals surface area (Å²) >= 11 is 2.40. The van der Waals surface area contributed by atoms with Gasteiger partial charge in [0.05, 0.1) is 11.5 Å². The summed E-state index contributed by atoms with van der Waals surface area (Å²) in [6.07, 6.45) is 1.15. The highest BCUT2D eigenvalue weighted by Crippen LogP contribution is 2.08. The SMILES string of the molecule is CC(I)CCN1CCS(=O)(=O)CC1. The fourth-order valence-corrected chi connectivity index (χ4v) is 2.89. The summed E-state index contributed by atoms with van der Waals surface area (Å²) < 4.78 is 22.9. The zero-order valence-corrected chi connectivity index (χ0v) is 10.8. The second-order valence-corrected chi connectivity index (χ2v) is 7.99. The topological polar surface area (TPSA) is 37.4 Å². The van der Waals surface area contributed by atoms with E-state index in [0.717, 1.165) is 26.1 Å². The van der Waals surface area contributed by atoms with Gasteiger partial charge in [0.2, 0.25) is 0 Å². The minimum absolute atomic E-state index is 0.350. The Hall–Kier alpha value is 0.640. The van der Waals surface area contributed by atoms with E-state index < -0.39 is 9.84 Å². The highest BCUT2D eigenvalue weighted by atomic mass is 127. The Morgan fingerprint density at radius 1 is 1.38 bits per heavy atom. The minimum Gasteiger partial charge on any atom is -0.301 e. The Bertz CT molecular complexity index is 237. The maximum atomic E-state index is 11.1. The summed E-state index contributed by atoms with van der Waals surface area (Å²) in [4.78, 5) is 2.25. The molecule has 0 aliphatic carbocycles. The number of nitrogens with zero attached hydrogens (tertiary/aromatic N) is 1. The van der Waals surface area contributed by atoms with Crippen LogP contribution in [0.1, 0.15) is 13.3 Å². The van der Waals surface area contributed by atoms with Crippen molar-refractivity contribution in [2.75, 3.05) is 31.1 Å². The first-order chi connectivity index (χ1) is 5.99. The van der Waals surface area contributed by atoms with Crippen LogP contribution in [0.25, 0.3) is 0 Å². The van der Waals surface area contributed by atoms with Crippen LogP contribution >= 0.6 is 22.6 Å². The molecule has 78 valence electrons. The summed E-state index contributed by atoms with van der Waals surface area (Å²) in [5.41, 5.74) is 0. The normalized spacial score (nSPS) is 25.7. The van der Waals surface area contributed by atoms with Gasteiger partial charge in [-0.3, -0.25) is 0 Å². The predicted molar refractivity (Wildman–Crippen MR) is 63.2 cm³/mol. The molecule has 1 atom stereocenters. The number of sulfone groups is 1. The third kappa shape index (κ3) is 4.60. The van der Waals surface area contributed by atoms with Crippen LogP contribution in [0.5, 0.6) is 0 Å². The van der Waals surface area contributed by atoms with Crippen molar-refractivity contribution in [1.82, 2.24) is 4.90 Å². The average Bonchev–Trinajstić information content (AvgIpc) is 2.02. The van der Waals surface area contributed by atoms with E-state index in [1.807, 2.05) is 0 Å². The molecule has 1 unspecified atom stereocenters. The van der Waals surface area contributed by atoms with Gasteiger partial charge < -0.3 is 4.90 Å². The summed E-state index contributed by atoms with van der Waals surface area (Å²) in [5, 5.41) is 0. The van der Waals surface area contributed by atoms with Crippen LogP contribution in [-0.4, -0.2) is 48.4 Å². The van der Waals surface area contributed by atoms with Crippen molar-refractivity contribution in [2.45, 2.75) is 17.3 Å². The third-order valence-corrected chi connectivity index (χ3v) is 4.51. The van der Waals surface area contributed by atoms with Gasteiger partial charge in [-0.25, -0.2) is 8.42 Å². The second kappa shape index (κ2) is 4.93. The number of alkyl halides is 1. The summed E-state index contributed by atoms with van der Waals surface area (Å²) in [6, 6.07) is 0. The lowest BCUT2D eigenvalue weighted by molar-refractivity contribution is 0.293. The van der Waals surface area contributed by atoms with Crippen molar-refractivity contribution in [3.63, 3.8) is 0 Å². The van der Waals surface area contributed by atoms with Crippen LogP contribution in [0.15, 0.2) is 0 Å². The number of hydrogen-bond donors (Lipinski definition) is 0. The summed E-state index contributed by atoms with van der Waals surface area (Å²) in [6.45, 7) is 4.68. The minimum atomic E-state index is -2.70. The van der Waals surface area contributed by atoms with E-state index in [1.165, 1.54) is 0 Å². The monoisotopic (exact) mass is 317 g/mol. The Morgan fingerprint density at radius 2 is 1.92 bits per heavy atom. The molecule has 0 bridgehead atoms. The van der Waals surface area contributed by atoms with Gasteiger partial charge >= 0.3 is 0 Å². The molecule has 0 N–H and O–H groups in total. The van der Waals surface area contributed by atoms with E-state index in [0.29, 0.717) is 15.4 Å². The van der Waals surface area contributed by atoms with E-state index in [4.69, 9.17) is 0 Å².